The minimum Gasteiger partial charge on any atom is -0.480 e. The number of carboxylic acid groups (broad SMARTS) is 1. The molecule has 8 heteroatoms. The van der Waals surface area contributed by atoms with Crippen LogP contribution < -0.4 is 5.32 Å². The van der Waals surface area contributed by atoms with Crippen LogP contribution in [0.4, 0.5) is 4.79 Å². The maximum atomic E-state index is 12.2. The Morgan fingerprint density at radius 2 is 2.00 bits per heavy atom. The van der Waals surface area contributed by atoms with Gasteiger partial charge in [-0.15, -0.1) is 0 Å². The highest BCUT2D eigenvalue weighted by molar-refractivity contribution is 7.91. The number of rotatable bonds is 6. The van der Waals surface area contributed by atoms with E-state index < -0.39 is 34.4 Å². The second kappa shape index (κ2) is 6.21. The number of nitrogens with zero attached hydrogens (tertiary/aromatic N) is 1. The van der Waals surface area contributed by atoms with Crippen LogP contribution in [0.1, 0.15) is 26.2 Å². The molecule has 2 N–H and O–H groups in total. The first-order valence-electron chi connectivity index (χ1n) is 7.25. The lowest BCUT2D eigenvalue weighted by molar-refractivity contribution is -0.138. The Morgan fingerprint density at radius 3 is 2.48 bits per heavy atom. The quantitative estimate of drug-likeness (QED) is 0.734. The van der Waals surface area contributed by atoms with E-state index in [0.717, 1.165) is 4.90 Å². The summed E-state index contributed by atoms with van der Waals surface area (Å²) >= 11 is 0. The molecule has 1 aliphatic carbocycles. The topological polar surface area (TPSA) is 104 Å². The van der Waals surface area contributed by atoms with Crippen molar-refractivity contribution in [2.75, 3.05) is 24.6 Å². The van der Waals surface area contributed by atoms with Crippen molar-refractivity contribution in [1.82, 2.24) is 10.2 Å². The van der Waals surface area contributed by atoms with Gasteiger partial charge in [0.15, 0.2) is 9.84 Å². The van der Waals surface area contributed by atoms with Gasteiger partial charge in [-0.2, -0.15) is 0 Å². The summed E-state index contributed by atoms with van der Waals surface area (Å²) in [6.45, 7) is 2.09. The van der Waals surface area contributed by atoms with Gasteiger partial charge in [-0.1, -0.05) is 6.92 Å². The zero-order valence-corrected chi connectivity index (χ0v) is 12.9. The molecule has 21 heavy (non-hydrogen) atoms. The summed E-state index contributed by atoms with van der Waals surface area (Å²) in [4.78, 5) is 24.2. The zero-order chi connectivity index (χ0) is 15.6. The highest BCUT2D eigenvalue weighted by Gasteiger charge is 2.36. The minimum absolute atomic E-state index is 0.0134. The lowest BCUT2D eigenvalue weighted by Gasteiger charge is -2.27. The van der Waals surface area contributed by atoms with E-state index in [1.54, 1.807) is 0 Å². The van der Waals surface area contributed by atoms with E-state index >= 15 is 0 Å². The summed E-state index contributed by atoms with van der Waals surface area (Å²) in [6, 6.07) is -1.02. The summed E-state index contributed by atoms with van der Waals surface area (Å²) in [7, 11) is -3.16. The summed E-state index contributed by atoms with van der Waals surface area (Å²) in [6.07, 6.45) is 2.66. The molecule has 2 rings (SSSR count). The van der Waals surface area contributed by atoms with E-state index in [4.69, 9.17) is 5.11 Å². The van der Waals surface area contributed by atoms with E-state index in [1.165, 1.54) is 12.8 Å². The van der Waals surface area contributed by atoms with Crippen molar-refractivity contribution >= 4 is 21.8 Å². The van der Waals surface area contributed by atoms with Crippen molar-refractivity contribution in [3.8, 4) is 0 Å². The summed E-state index contributed by atoms with van der Waals surface area (Å²) in [5.74, 6) is -0.256. The first-order valence-corrected chi connectivity index (χ1v) is 9.07. The van der Waals surface area contributed by atoms with Gasteiger partial charge >= 0.3 is 12.0 Å². The number of carboxylic acids is 1. The molecular weight excluding hydrogens is 296 g/mol. The monoisotopic (exact) mass is 318 g/mol. The Balaban J connectivity index is 1.94. The van der Waals surface area contributed by atoms with Crippen molar-refractivity contribution in [1.29, 1.82) is 0 Å². The van der Waals surface area contributed by atoms with Crippen LogP contribution in [0.5, 0.6) is 0 Å². The molecule has 1 saturated carbocycles. The van der Waals surface area contributed by atoms with Crippen LogP contribution in [-0.2, 0) is 14.6 Å². The van der Waals surface area contributed by atoms with Crippen molar-refractivity contribution in [3.05, 3.63) is 0 Å². The van der Waals surface area contributed by atoms with Crippen LogP contribution in [0.15, 0.2) is 0 Å². The highest BCUT2D eigenvalue weighted by atomic mass is 32.2. The smallest absolute Gasteiger partial charge is 0.323 e. The van der Waals surface area contributed by atoms with Crippen LogP contribution in [0.3, 0.4) is 0 Å². The number of urea groups is 1. The van der Waals surface area contributed by atoms with E-state index in [1.807, 2.05) is 0 Å². The molecule has 120 valence electrons. The molecule has 0 radical (unpaired) electrons. The Hall–Kier alpha value is -1.31. The molecule has 2 aliphatic rings. The van der Waals surface area contributed by atoms with Gasteiger partial charge in [-0.05, 0) is 31.1 Å². The Bertz CT molecular complexity index is 515. The Kier molecular flexibility index (Phi) is 4.75. The third-order valence-electron chi connectivity index (χ3n) is 4.22. The summed E-state index contributed by atoms with van der Waals surface area (Å²) < 4.78 is 23.0. The van der Waals surface area contributed by atoms with Crippen LogP contribution in [0, 0.1) is 11.8 Å². The Labute approximate surface area is 124 Å². The fourth-order valence-electron chi connectivity index (χ4n) is 2.72. The molecule has 0 bridgehead atoms. The molecule has 1 aliphatic heterocycles. The van der Waals surface area contributed by atoms with E-state index in [9.17, 15) is 18.0 Å². The molecule has 2 amide bonds. The highest BCUT2D eigenvalue weighted by Crippen LogP contribution is 2.36. The largest absolute Gasteiger partial charge is 0.480 e. The third kappa shape index (κ3) is 4.59. The maximum absolute atomic E-state index is 12.2. The van der Waals surface area contributed by atoms with Gasteiger partial charge in [0.1, 0.15) is 6.54 Å². The molecule has 2 unspecified atom stereocenters. The molecule has 2 atom stereocenters. The van der Waals surface area contributed by atoms with Crippen molar-refractivity contribution in [2.24, 2.45) is 11.8 Å². The number of hydrogen-bond donors (Lipinski definition) is 2. The lowest BCUT2D eigenvalue weighted by atomic mass is 10.1. The fourth-order valence-corrected chi connectivity index (χ4v) is 4.45. The van der Waals surface area contributed by atoms with E-state index in [0.29, 0.717) is 24.8 Å². The number of carbonyl (C=O) groups excluding carboxylic acids is 1. The zero-order valence-electron chi connectivity index (χ0n) is 12.1. The average molecular weight is 318 g/mol. The van der Waals surface area contributed by atoms with Crippen molar-refractivity contribution < 1.29 is 23.1 Å². The first-order chi connectivity index (χ1) is 9.78. The third-order valence-corrected chi connectivity index (χ3v) is 5.97. The number of aliphatic carboxylic acids is 1. The standard InChI is InChI=1S/C13H22N2O5S/c1-9(10-2-3-10)6-14-13(18)15(7-12(16)17)11-4-5-21(19,20)8-11/h9-11H,2-8H2,1H3,(H,14,18)(H,16,17). The fraction of sp³-hybridized carbons (Fsp3) is 0.846. The van der Waals surface area contributed by atoms with Gasteiger partial charge < -0.3 is 15.3 Å². The van der Waals surface area contributed by atoms with Gasteiger partial charge in [0.05, 0.1) is 11.5 Å². The van der Waals surface area contributed by atoms with Gasteiger partial charge in [0.2, 0.25) is 0 Å². The predicted molar refractivity (Wildman–Crippen MR) is 76.7 cm³/mol. The van der Waals surface area contributed by atoms with Crippen LogP contribution >= 0.6 is 0 Å². The number of carbonyl (C=O) groups is 2. The van der Waals surface area contributed by atoms with Gasteiger partial charge in [0.25, 0.3) is 0 Å². The second-order valence-electron chi connectivity index (χ2n) is 6.08. The van der Waals surface area contributed by atoms with Gasteiger partial charge in [0, 0.05) is 12.6 Å². The van der Waals surface area contributed by atoms with Gasteiger partial charge in [-0.3, -0.25) is 4.79 Å². The summed E-state index contributed by atoms with van der Waals surface area (Å²) in [5, 5.41) is 11.7. The van der Waals surface area contributed by atoms with Crippen molar-refractivity contribution in [2.45, 2.75) is 32.2 Å². The lowest BCUT2D eigenvalue weighted by Crippen LogP contribution is -2.49. The molecular formula is C13H22N2O5S. The number of hydrogen-bond acceptors (Lipinski definition) is 4. The average Bonchev–Trinajstić information content (AvgIpc) is 3.17. The second-order valence-corrected chi connectivity index (χ2v) is 8.31. The van der Waals surface area contributed by atoms with Crippen LogP contribution in [0.25, 0.3) is 0 Å². The first kappa shape index (κ1) is 16.1. The summed E-state index contributed by atoms with van der Waals surface area (Å²) in [5.41, 5.74) is 0. The number of sulfone groups is 1. The van der Waals surface area contributed by atoms with E-state index in [-0.39, 0.29) is 11.5 Å². The van der Waals surface area contributed by atoms with Gasteiger partial charge in [-0.25, -0.2) is 13.2 Å². The molecule has 0 aromatic rings. The predicted octanol–water partition coefficient (Wildman–Crippen LogP) is 0.316. The molecule has 0 aromatic heterocycles. The van der Waals surface area contributed by atoms with Crippen molar-refractivity contribution in [3.63, 3.8) is 0 Å². The molecule has 2 fully saturated rings. The molecule has 0 aromatic carbocycles. The van der Waals surface area contributed by atoms with Crippen LogP contribution in [0.2, 0.25) is 0 Å². The number of nitrogens with one attached hydrogen (secondary N) is 1. The maximum Gasteiger partial charge on any atom is 0.323 e. The molecule has 0 spiro atoms. The SMILES string of the molecule is CC(CNC(=O)N(CC(=O)O)C1CCS(=O)(=O)C1)C1CC1. The van der Waals surface area contributed by atoms with Crippen LogP contribution in [-0.4, -0.2) is 61.1 Å². The number of amides is 2. The Morgan fingerprint density at radius 1 is 1.33 bits per heavy atom. The normalized spacial score (nSPS) is 25.3. The minimum atomic E-state index is -3.16. The molecule has 1 saturated heterocycles. The molecule has 1 heterocycles. The van der Waals surface area contributed by atoms with E-state index in [2.05, 4.69) is 12.2 Å². The molecule has 7 nitrogen and oxygen atoms in total.